The van der Waals surface area contributed by atoms with E-state index < -0.39 is 0 Å². The molecular formula is C13H26N4O. The molecule has 0 radical (unpaired) electrons. The Hall–Kier alpha value is -1.10. The molecule has 0 atom stereocenters. The van der Waals surface area contributed by atoms with Crippen LogP contribution in [0.5, 0.6) is 0 Å². The van der Waals surface area contributed by atoms with E-state index in [1.807, 2.05) is 0 Å². The summed E-state index contributed by atoms with van der Waals surface area (Å²) in [7, 11) is 0. The van der Waals surface area contributed by atoms with Crippen molar-refractivity contribution in [3.05, 3.63) is 5.89 Å². The Morgan fingerprint density at radius 3 is 2.56 bits per heavy atom. The van der Waals surface area contributed by atoms with Gasteiger partial charge >= 0.3 is 6.01 Å². The Labute approximate surface area is 110 Å². The fourth-order valence-electron chi connectivity index (χ4n) is 1.56. The van der Waals surface area contributed by atoms with Crippen molar-refractivity contribution in [2.45, 2.75) is 59.5 Å². The summed E-state index contributed by atoms with van der Waals surface area (Å²) in [6.07, 6.45) is 3.65. The summed E-state index contributed by atoms with van der Waals surface area (Å²) in [6, 6.07) is 0.949. The number of hydrogen-bond acceptors (Lipinski definition) is 5. The number of aromatic nitrogens is 2. The van der Waals surface area contributed by atoms with E-state index in [1.54, 1.807) is 0 Å². The summed E-state index contributed by atoms with van der Waals surface area (Å²) < 4.78 is 5.47. The van der Waals surface area contributed by atoms with E-state index in [9.17, 15) is 0 Å². The highest BCUT2D eigenvalue weighted by molar-refractivity contribution is 5.16. The van der Waals surface area contributed by atoms with Crippen LogP contribution in [0.3, 0.4) is 0 Å². The summed E-state index contributed by atoms with van der Waals surface area (Å²) in [5.74, 6) is 1.41. The van der Waals surface area contributed by atoms with Gasteiger partial charge in [0.25, 0.3) is 0 Å². The maximum absolute atomic E-state index is 5.47. The first-order valence-electron chi connectivity index (χ1n) is 6.87. The van der Waals surface area contributed by atoms with Crippen LogP contribution in [-0.2, 0) is 6.54 Å². The zero-order valence-electron chi connectivity index (χ0n) is 12.0. The Bertz CT molecular complexity index is 323. The second-order valence-corrected chi connectivity index (χ2v) is 5.35. The van der Waals surface area contributed by atoms with Gasteiger partial charge < -0.3 is 15.1 Å². The summed E-state index contributed by atoms with van der Waals surface area (Å²) in [5, 5.41) is 14.3. The van der Waals surface area contributed by atoms with Crippen LogP contribution < -0.4 is 10.6 Å². The minimum atomic E-state index is 0.421. The molecule has 0 aromatic carbocycles. The second-order valence-electron chi connectivity index (χ2n) is 5.35. The number of nitrogens with one attached hydrogen (secondary N) is 2. The highest BCUT2D eigenvalue weighted by atomic mass is 16.4. The molecule has 1 rings (SSSR count). The van der Waals surface area contributed by atoms with Crippen LogP contribution in [0.1, 0.15) is 52.8 Å². The van der Waals surface area contributed by atoms with E-state index in [2.05, 4.69) is 48.5 Å². The normalized spacial score (nSPS) is 11.4. The average molecular weight is 254 g/mol. The van der Waals surface area contributed by atoms with Gasteiger partial charge in [0.05, 0.1) is 6.54 Å². The van der Waals surface area contributed by atoms with Crippen LogP contribution in [0.25, 0.3) is 0 Å². The number of unbranched alkanes of at least 4 members (excludes halogenated alkanes) is 1. The molecule has 2 N–H and O–H groups in total. The molecule has 0 bridgehead atoms. The summed E-state index contributed by atoms with van der Waals surface area (Å²) in [6.45, 7) is 10.2. The van der Waals surface area contributed by atoms with Gasteiger partial charge in [0.15, 0.2) is 0 Å². The van der Waals surface area contributed by atoms with Crippen molar-refractivity contribution in [3.8, 4) is 0 Å². The molecule has 5 nitrogen and oxygen atoms in total. The van der Waals surface area contributed by atoms with Gasteiger partial charge in [-0.3, -0.25) is 0 Å². The smallest absolute Gasteiger partial charge is 0.315 e. The van der Waals surface area contributed by atoms with Gasteiger partial charge in [-0.25, -0.2) is 0 Å². The van der Waals surface area contributed by atoms with Gasteiger partial charge in [-0.2, -0.15) is 0 Å². The van der Waals surface area contributed by atoms with E-state index in [4.69, 9.17) is 4.42 Å². The molecule has 1 aromatic rings. The zero-order valence-corrected chi connectivity index (χ0v) is 12.0. The Kier molecular flexibility index (Phi) is 6.72. The van der Waals surface area contributed by atoms with Crippen molar-refractivity contribution >= 4 is 6.01 Å². The molecule has 0 saturated carbocycles. The SMILES string of the molecule is CC(C)CCCCNc1nnc(CNC(C)C)o1. The summed E-state index contributed by atoms with van der Waals surface area (Å²) >= 11 is 0. The lowest BCUT2D eigenvalue weighted by Gasteiger charge is -2.04. The van der Waals surface area contributed by atoms with E-state index >= 15 is 0 Å². The standard InChI is InChI=1S/C13H26N4O/c1-10(2)7-5-6-8-14-13-17-16-12(18-13)9-15-11(3)4/h10-11,15H,5-9H2,1-4H3,(H,14,17). The highest BCUT2D eigenvalue weighted by Gasteiger charge is 2.05. The lowest BCUT2D eigenvalue weighted by Crippen LogP contribution is -2.21. The van der Waals surface area contributed by atoms with Gasteiger partial charge in [0, 0.05) is 12.6 Å². The predicted octanol–water partition coefficient (Wildman–Crippen LogP) is 2.81. The van der Waals surface area contributed by atoms with Crippen molar-refractivity contribution in [2.24, 2.45) is 5.92 Å². The third-order valence-corrected chi connectivity index (χ3v) is 2.61. The van der Waals surface area contributed by atoms with E-state index in [-0.39, 0.29) is 0 Å². The fraction of sp³-hybridized carbons (Fsp3) is 0.846. The Morgan fingerprint density at radius 1 is 1.11 bits per heavy atom. The van der Waals surface area contributed by atoms with Crippen molar-refractivity contribution in [1.29, 1.82) is 0 Å². The molecule has 18 heavy (non-hydrogen) atoms. The minimum absolute atomic E-state index is 0.421. The average Bonchev–Trinajstić information content (AvgIpc) is 2.73. The molecule has 0 unspecified atom stereocenters. The summed E-state index contributed by atoms with van der Waals surface area (Å²) in [4.78, 5) is 0. The molecule has 1 heterocycles. The molecule has 0 aliphatic rings. The first-order chi connectivity index (χ1) is 8.58. The first kappa shape index (κ1) is 15.0. The van der Waals surface area contributed by atoms with E-state index in [1.165, 1.54) is 12.8 Å². The van der Waals surface area contributed by atoms with Gasteiger partial charge in [-0.1, -0.05) is 45.6 Å². The maximum Gasteiger partial charge on any atom is 0.315 e. The van der Waals surface area contributed by atoms with Crippen LogP contribution in [0.15, 0.2) is 4.42 Å². The van der Waals surface area contributed by atoms with Crippen LogP contribution >= 0.6 is 0 Å². The van der Waals surface area contributed by atoms with Crippen LogP contribution in [0.2, 0.25) is 0 Å². The van der Waals surface area contributed by atoms with Gasteiger partial charge in [-0.15, -0.1) is 5.10 Å². The van der Waals surface area contributed by atoms with Crippen molar-refractivity contribution in [3.63, 3.8) is 0 Å². The molecule has 104 valence electrons. The Balaban J connectivity index is 2.15. The van der Waals surface area contributed by atoms with E-state index in [0.717, 1.165) is 18.9 Å². The van der Waals surface area contributed by atoms with Crippen molar-refractivity contribution < 1.29 is 4.42 Å². The lowest BCUT2D eigenvalue weighted by molar-refractivity contribution is 0.457. The molecule has 0 spiro atoms. The molecule has 5 heteroatoms. The predicted molar refractivity (Wildman–Crippen MR) is 73.5 cm³/mol. The van der Waals surface area contributed by atoms with Gasteiger partial charge in [0.2, 0.25) is 5.89 Å². The van der Waals surface area contributed by atoms with E-state index in [0.29, 0.717) is 24.5 Å². The number of hydrogen-bond donors (Lipinski definition) is 2. The van der Waals surface area contributed by atoms with Crippen LogP contribution in [0, 0.1) is 5.92 Å². The second kappa shape index (κ2) is 8.08. The highest BCUT2D eigenvalue weighted by Crippen LogP contribution is 2.08. The monoisotopic (exact) mass is 254 g/mol. The Morgan fingerprint density at radius 2 is 1.89 bits per heavy atom. The molecular weight excluding hydrogens is 228 g/mol. The van der Waals surface area contributed by atoms with Gasteiger partial charge in [0.1, 0.15) is 0 Å². The number of rotatable bonds is 9. The van der Waals surface area contributed by atoms with Crippen molar-refractivity contribution in [1.82, 2.24) is 15.5 Å². The maximum atomic E-state index is 5.47. The fourth-order valence-corrected chi connectivity index (χ4v) is 1.56. The first-order valence-corrected chi connectivity index (χ1v) is 6.87. The largest absolute Gasteiger partial charge is 0.407 e. The number of anilines is 1. The molecule has 1 aromatic heterocycles. The topological polar surface area (TPSA) is 63.0 Å². The quantitative estimate of drug-likeness (QED) is 0.663. The molecule has 0 fully saturated rings. The number of nitrogens with zero attached hydrogens (tertiary/aromatic N) is 2. The van der Waals surface area contributed by atoms with Crippen LogP contribution in [0.4, 0.5) is 6.01 Å². The van der Waals surface area contributed by atoms with Crippen LogP contribution in [-0.4, -0.2) is 22.8 Å². The third kappa shape index (κ3) is 6.59. The lowest BCUT2D eigenvalue weighted by atomic mass is 10.1. The minimum Gasteiger partial charge on any atom is -0.407 e. The summed E-state index contributed by atoms with van der Waals surface area (Å²) in [5.41, 5.74) is 0. The molecule has 0 amide bonds. The third-order valence-electron chi connectivity index (χ3n) is 2.61. The zero-order chi connectivity index (χ0) is 13.4. The molecule has 0 aliphatic carbocycles. The molecule has 0 aliphatic heterocycles. The molecule has 0 saturated heterocycles. The van der Waals surface area contributed by atoms with Crippen molar-refractivity contribution in [2.75, 3.05) is 11.9 Å². The van der Waals surface area contributed by atoms with Gasteiger partial charge in [-0.05, 0) is 12.3 Å².